The van der Waals surface area contributed by atoms with E-state index in [9.17, 15) is 0 Å². The second kappa shape index (κ2) is 4.94. The molecule has 0 amide bonds. The molecular formula is C15H25N3. The summed E-state index contributed by atoms with van der Waals surface area (Å²) in [5, 5.41) is 3.63. The molecule has 1 N–H and O–H groups in total. The molecule has 3 rings (SSSR count). The van der Waals surface area contributed by atoms with Gasteiger partial charge in [0.25, 0.3) is 0 Å². The van der Waals surface area contributed by atoms with Gasteiger partial charge in [-0.25, -0.2) is 4.98 Å². The van der Waals surface area contributed by atoms with Crippen molar-refractivity contribution in [3.8, 4) is 0 Å². The Labute approximate surface area is 110 Å². The quantitative estimate of drug-likeness (QED) is 0.855. The molecule has 100 valence electrons. The number of imidazole rings is 1. The van der Waals surface area contributed by atoms with Crippen LogP contribution in [0.1, 0.15) is 63.6 Å². The van der Waals surface area contributed by atoms with Crippen molar-refractivity contribution in [1.29, 1.82) is 0 Å². The van der Waals surface area contributed by atoms with Crippen LogP contribution in [0.5, 0.6) is 0 Å². The fraction of sp³-hybridized carbons (Fsp3) is 0.800. The molecule has 2 saturated carbocycles. The molecule has 1 aromatic rings. The number of nitrogens with one attached hydrogen (secondary N) is 1. The van der Waals surface area contributed by atoms with Crippen LogP contribution in [-0.4, -0.2) is 15.6 Å². The molecule has 2 fully saturated rings. The van der Waals surface area contributed by atoms with Gasteiger partial charge in [0.15, 0.2) is 0 Å². The molecule has 0 radical (unpaired) electrons. The molecule has 1 heterocycles. The predicted octanol–water partition coefficient (Wildman–Crippen LogP) is 3.91. The van der Waals surface area contributed by atoms with Crippen LogP contribution >= 0.6 is 0 Å². The monoisotopic (exact) mass is 247 g/mol. The van der Waals surface area contributed by atoms with Gasteiger partial charge in [0.2, 0.25) is 5.95 Å². The molecule has 0 spiro atoms. The van der Waals surface area contributed by atoms with Crippen LogP contribution in [0.2, 0.25) is 0 Å². The topological polar surface area (TPSA) is 29.9 Å². The van der Waals surface area contributed by atoms with Crippen LogP contribution in [0.15, 0.2) is 6.20 Å². The Morgan fingerprint density at radius 1 is 1.33 bits per heavy atom. The van der Waals surface area contributed by atoms with E-state index in [1.807, 2.05) is 0 Å². The van der Waals surface area contributed by atoms with E-state index in [1.165, 1.54) is 44.9 Å². The minimum atomic E-state index is 0.555. The summed E-state index contributed by atoms with van der Waals surface area (Å²) in [5.41, 5.74) is 1.14. The van der Waals surface area contributed by atoms with Gasteiger partial charge in [-0.3, -0.25) is 0 Å². The predicted molar refractivity (Wildman–Crippen MR) is 74.9 cm³/mol. The van der Waals surface area contributed by atoms with Crippen LogP contribution in [0.25, 0.3) is 0 Å². The standard InChI is InChI=1S/C15H25N3/c1-11(9-13-7-8-13)16-15-17-12(2)10-18(15)14-5-3-4-6-14/h10-11,13-14H,3-9H2,1-2H3,(H,16,17). The highest BCUT2D eigenvalue weighted by atomic mass is 15.2. The van der Waals surface area contributed by atoms with E-state index in [4.69, 9.17) is 0 Å². The zero-order valence-corrected chi connectivity index (χ0v) is 11.7. The van der Waals surface area contributed by atoms with Gasteiger partial charge in [0.1, 0.15) is 0 Å². The maximum absolute atomic E-state index is 4.67. The van der Waals surface area contributed by atoms with Crippen molar-refractivity contribution in [2.75, 3.05) is 5.32 Å². The van der Waals surface area contributed by atoms with E-state index in [-0.39, 0.29) is 0 Å². The number of rotatable bonds is 5. The SMILES string of the molecule is Cc1cn(C2CCCC2)c(NC(C)CC2CC2)n1. The Morgan fingerprint density at radius 2 is 2.06 bits per heavy atom. The first-order valence-corrected chi connectivity index (χ1v) is 7.54. The van der Waals surface area contributed by atoms with Crippen molar-refractivity contribution < 1.29 is 0 Å². The molecule has 0 aliphatic heterocycles. The highest BCUT2D eigenvalue weighted by Crippen LogP contribution is 2.35. The first kappa shape index (κ1) is 12.1. The normalized spacial score (nSPS) is 22.3. The van der Waals surface area contributed by atoms with Gasteiger partial charge in [0, 0.05) is 18.3 Å². The van der Waals surface area contributed by atoms with Crippen molar-refractivity contribution >= 4 is 5.95 Å². The first-order chi connectivity index (χ1) is 8.72. The lowest BCUT2D eigenvalue weighted by Gasteiger charge is -2.19. The molecule has 0 saturated heterocycles. The van der Waals surface area contributed by atoms with Crippen molar-refractivity contribution in [2.45, 2.75) is 70.9 Å². The van der Waals surface area contributed by atoms with Crippen molar-refractivity contribution in [1.82, 2.24) is 9.55 Å². The molecule has 1 unspecified atom stereocenters. The number of aromatic nitrogens is 2. The van der Waals surface area contributed by atoms with Crippen LogP contribution in [0.4, 0.5) is 5.95 Å². The van der Waals surface area contributed by atoms with Crippen LogP contribution in [0.3, 0.4) is 0 Å². The maximum Gasteiger partial charge on any atom is 0.203 e. The Kier molecular flexibility index (Phi) is 3.31. The van der Waals surface area contributed by atoms with Gasteiger partial charge in [-0.2, -0.15) is 0 Å². The summed E-state index contributed by atoms with van der Waals surface area (Å²) in [7, 11) is 0. The van der Waals surface area contributed by atoms with Gasteiger partial charge in [-0.1, -0.05) is 25.7 Å². The molecule has 2 aliphatic carbocycles. The van der Waals surface area contributed by atoms with Crippen LogP contribution in [-0.2, 0) is 0 Å². The summed E-state index contributed by atoms with van der Waals surface area (Å²) in [6.45, 7) is 4.39. The summed E-state index contributed by atoms with van der Waals surface area (Å²) in [4.78, 5) is 4.67. The molecule has 3 nitrogen and oxygen atoms in total. The van der Waals surface area contributed by atoms with Gasteiger partial charge in [-0.15, -0.1) is 0 Å². The van der Waals surface area contributed by atoms with E-state index >= 15 is 0 Å². The minimum Gasteiger partial charge on any atom is -0.353 e. The van der Waals surface area contributed by atoms with Crippen molar-refractivity contribution in [3.05, 3.63) is 11.9 Å². The molecule has 18 heavy (non-hydrogen) atoms. The van der Waals surface area contributed by atoms with E-state index in [0.29, 0.717) is 12.1 Å². The third kappa shape index (κ3) is 2.70. The van der Waals surface area contributed by atoms with Crippen molar-refractivity contribution in [2.24, 2.45) is 5.92 Å². The van der Waals surface area contributed by atoms with Crippen LogP contribution < -0.4 is 5.32 Å². The summed E-state index contributed by atoms with van der Waals surface area (Å²) in [6, 6.07) is 1.24. The lowest BCUT2D eigenvalue weighted by Crippen LogP contribution is -2.20. The van der Waals surface area contributed by atoms with E-state index in [1.54, 1.807) is 0 Å². The zero-order chi connectivity index (χ0) is 12.5. The maximum atomic E-state index is 4.67. The zero-order valence-electron chi connectivity index (χ0n) is 11.7. The number of hydrogen-bond acceptors (Lipinski definition) is 2. The minimum absolute atomic E-state index is 0.555. The number of aryl methyl sites for hydroxylation is 1. The largest absolute Gasteiger partial charge is 0.353 e. The smallest absolute Gasteiger partial charge is 0.203 e. The molecule has 0 aromatic carbocycles. The molecular weight excluding hydrogens is 222 g/mol. The van der Waals surface area contributed by atoms with E-state index in [2.05, 4.69) is 34.9 Å². The summed E-state index contributed by atoms with van der Waals surface area (Å²) >= 11 is 0. The summed E-state index contributed by atoms with van der Waals surface area (Å²) in [5.74, 6) is 2.08. The average molecular weight is 247 g/mol. The highest BCUT2D eigenvalue weighted by molar-refractivity contribution is 5.31. The third-order valence-electron chi connectivity index (χ3n) is 4.33. The molecule has 3 heteroatoms. The molecule has 0 bridgehead atoms. The summed E-state index contributed by atoms with van der Waals surface area (Å²) in [6.07, 6.45) is 11.8. The fourth-order valence-corrected chi connectivity index (χ4v) is 3.22. The van der Waals surface area contributed by atoms with Gasteiger partial charge < -0.3 is 9.88 Å². The van der Waals surface area contributed by atoms with E-state index in [0.717, 1.165) is 17.6 Å². The van der Waals surface area contributed by atoms with Gasteiger partial charge in [-0.05, 0) is 39.0 Å². The molecule has 1 atom stereocenters. The second-order valence-electron chi connectivity index (χ2n) is 6.28. The second-order valence-corrected chi connectivity index (χ2v) is 6.28. The Hall–Kier alpha value is -0.990. The number of anilines is 1. The molecule has 2 aliphatic rings. The lowest BCUT2D eigenvalue weighted by atomic mass is 10.2. The van der Waals surface area contributed by atoms with Crippen LogP contribution in [0, 0.1) is 12.8 Å². The van der Waals surface area contributed by atoms with Gasteiger partial charge >= 0.3 is 0 Å². The average Bonchev–Trinajstić information content (AvgIpc) is 2.85. The van der Waals surface area contributed by atoms with E-state index < -0.39 is 0 Å². The third-order valence-corrected chi connectivity index (χ3v) is 4.33. The first-order valence-electron chi connectivity index (χ1n) is 7.54. The Morgan fingerprint density at radius 3 is 2.72 bits per heavy atom. The van der Waals surface area contributed by atoms with Gasteiger partial charge in [0.05, 0.1) is 5.69 Å². The Balaban J connectivity index is 1.69. The fourth-order valence-electron chi connectivity index (χ4n) is 3.22. The Bertz CT molecular complexity index is 400. The highest BCUT2D eigenvalue weighted by Gasteiger charge is 2.25. The summed E-state index contributed by atoms with van der Waals surface area (Å²) < 4.78 is 2.39. The number of hydrogen-bond donors (Lipinski definition) is 1. The molecule has 1 aromatic heterocycles. The number of nitrogens with zero attached hydrogens (tertiary/aromatic N) is 2. The lowest BCUT2D eigenvalue weighted by molar-refractivity contribution is 0.517. The van der Waals surface area contributed by atoms with Crippen molar-refractivity contribution in [3.63, 3.8) is 0 Å².